The highest BCUT2D eigenvalue weighted by molar-refractivity contribution is 5.95. The van der Waals surface area contributed by atoms with Crippen LogP contribution in [0.3, 0.4) is 0 Å². The summed E-state index contributed by atoms with van der Waals surface area (Å²) in [6.07, 6.45) is 3.51. The SMILES string of the molecule is CCCc1cc(NC2CCN(C)C2)c2[nH]c(-c3ccccc3)cc2c1. The number of aromatic amines is 1. The van der Waals surface area contributed by atoms with Gasteiger partial charge in [0.2, 0.25) is 0 Å². The number of hydrogen-bond acceptors (Lipinski definition) is 2. The first-order valence-corrected chi connectivity index (χ1v) is 9.39. The summed E-state index contributed by atoms with van der Waals surface area (Å²) < 4.78 is 0. The molecule has 2 N–H and O–H groups in total. The van der Waals surface area contributed by atoms with E-state index in [0.717, 1.165) is 13.0 Å². The van der Waals surface area contributed by atoms with Gasteiger partial charge in [-0.15, -0.1) is 0 Å². The van der Waals surface area contributed by atoms with Gasteiger partial charge in [0, 0.05) is 23.7 Å². The number of aryl methyl sites for hydroxylation is 1. The number of anilines is 1. The molecular weight excluding hydrogens is 306 g/mol. The average Bonchev–Trinajstić information content (AvgIpc) is 3.22. The molecule has 2 aromatic carbocycles. The lowest BCUT2D eigenvalue weighted by Crippen LogP contribution is -2.23. The second-order valence-corrected chi connectivity index (χ2v) is 7.30. The number of aromatic nitrogens is 1. The van der Waals surface area contributed by atoms with E-state index in [1.54, 1.807) is 0 Å². The average molecular weight is 333 g/mol. The fourth-order valence-corrected chi connectivity index (χ4v) is 3.90. The molecule has 1 saturated heterocycles. The van der Waals surface area contributed by atoms with Crippen molar-refractivity contribution in [1.29, 1.82) is 0 Å². The molecule has 1 fully saturated rings. The van der Waals surface area contributed by atoms with Crippen LogP contribution in [0.2, 0.25) is 0 Å². The van der Waals surface area contributed by atoms with E-state index in [4.69, 9.17) is 0 Å². The molecule has 130 valence electrons. The maximum absolute atomic E-state index is 3.80. The Kier molecular flexibility index (Phi) is 4.50. The lowest BCUT2D eigenvalue weighted by Gasteiger charge is -2.16. The lowest BCUT2D eigenvalue weighted by molar-refractivity contribution is 0.414. The number of nitrogens with zero attached hydrogens (tertiary/aromatic N) is 1. The summed E-state index contributed by atoms with van der Waals surface area (Å²) in [6, 6.07) is 18.1. The van der Waals surface area contributed by atoms with Crippen LogP contribution in [-0.4, -0.2) is 36.1 Å². The van der Waals surface area contributed by atoms with Crippen LogP contribution >= 0.6 is 0 Å². The van der Waals surface area contributed by atoms with Gasteiger partial charge in [0.1, 0.15) is 0 Å². The van der Waals surface area contributed by atoms with Gasteiger partial charge in [-0.3, -0.25) is 0 Å². The van der Waals surface area contributed by atoms with Crippen molar-refractivity contribution in [2.24, 2.45) is 0 Å². The van der Waals surface area contributed by atoms with Crippen LogP contribution in [0.5, 0.6) is 0 Å². The first kappa shape index (κ1) is 16.2. The quantitative estimate of drug-likeness (QED) is 0.695. The second kappa shape index (κ2) is 6.93. The first-order chi connectivity index (χ1) is 12.2. The largest absolute Gasteiger partial charge is 0.379 e. The van der Waals surface area contributed by atoms with E-state index >= 15 is 0 Å². The van der Waals surface area contributed by atoms with Crippen LogP contribution in [0.25, 0.3) is 22.2 Å². The molecule has 25 heavy (non-hydrogen) atoms. The molecule has 0 aliphatic carbocycles. The third kappa shape index (κ3) is 3.42. The molecule has 1 aliphatic heterocycles. The van der Waals surface area contributed by atoms with Crippen LogP contribution in [0.1, 0.15) is 25.3 Å². The zero-order chi connectivity index (χ0) is 17.2. The van der Waals surface area contributed by atoms with Gasteiger partial charge in [0.15, 0.2) is 0 Å². The van der Waals surface area contributed by atoms with Crippen LogP contribution in [-0.2, 0) is 6.42 Å². The van der Waals surface area contributed by atoms with E-state index in [1.165, 1.54) is 52.8 Å². The number of likely N-dealkylation sites (tertiary alicyclic amines) is 1. The van der Waals surface area contributed by atoms with Crippen molar-refractivity contribution in [3.63, 3.8) is 0 Å². The lowest BCUT2D eigenvalue weighted by atomic mass is 10.1. The molecule has 1 aromatic heterocycles. The highest BCUT2D eigenvalue weighted by Crippen LogP contribution is 2.31. The van der Waals surface area contributed by atoms with E-state index in [-0.39, 0.29) is 0 Å². The monoisotopic (exact) mass is 333 g/mol. The number of hydrogen-bond donors (Lipinski definition) is 2. The van der Waals surface area contributed by atoms with Crippen molar-refractivity contribution in [3.05, 3.63) is 54.1 Å². The summed E-state index contributed by atoms with van der Waals surface area (Å²) in [5.41, 5.74) is 6.33. The predicted molar refractivity (Wildman–Crippen MR) is 107 cm³/mol. The van der Waals surface area contributed by atoms with E-state index in [9.17, 15) is 0 Å². The Morgan fingerprint density at radius 2 is 2.00 bits per heavy atom. The summed E-state index contributed by atoms with van der Waals surface area (Å²) in [5, 5.41) is 5.11. The van der Waals surface area contributed by atoms with Gasteiger partial charge in [-0.25, -0.2) is 0 Å². The molecule has 4 rings (SSSR count). The Balaban J connectivity index is 1.74. The summed E-state index contributed by atoms with van der Waals surface area (Å²) in [6.45, 7) is 4.54. The van der Waals surface area contributed by atoms with E-state index < -0.39 is 0 Å². The molecule has 1 atom stereocenters. The Hall–Kier alpha value is -2.26. The summed E-state index contributed by atoms with van der Waals surface area (Å²) in [5.74, 6) is 0. The molecule has 3 aromatic rings. The van der Waals surface area contributed by atoms with Gasteiger partial charge in [-0.1, -0.05) is 43.7 Å². The van der Waals surface area contributed by atoms with Crippen molar-refractivity contribution in [1.82, 2.24) is 9.88 Å². The maximum atomic E-state index is 3.80. The van der Waals surface area contributed by atoms with Crippen molar-refractivity contribution < 1.29 is 0 Å². The van der Waals surface area contributed by atoms with Gasteiger partial charge >= 0.3 is 0 Å². The van der Waals surface area contributed by atoms with Gasteiger partial charge < -0.3 is 15.2 Å². The molecule has 3 nitrogen and oxygen atoms in total. The van der Waals surface area contributed by atoms with Crippen LogP contribution < -0.4 is 5.32 Å². The van der Waals surface area contributed by atoms with Gasteiger partial charge in [0.05, 0.1) is 11.2 Å². The number of H-pyrrole nitrogens is 1. The van der Waals surface area contributed by atoms with Gasteiger partial charge in [-0.05, 0) is 55.8 Å². The first-order valence-electron chi connectivity index (χ1n) is 9.39. The molecule has 0 amide bonds. The Labute approximate surface area is 150 Å². The number of benzene rings is 2. The standard InChI is InChI=1S/C22H27N3/c1-3-7-16-12-18-14-20(17-8-5-4-6-9-17)24-22(18)21(13-16)23-19-10-11-25(2)15-19/h4-6,8-9,12-14,19,23-24H,3,7,10-11,15H2,1-2H3. The Morgan fingerprint density at radius 3 is 2.72 bits per heavy atom. The minimum absolute atomic E-state index is 0.536. The third-order valence-corrected chi connectivity index (χ3v) is 5.16. The summed E-state index contributed by atoms with van der Waals surface area (Å²) in [7, 11) is 2.20. The van der Waals surface area contributed by atoms with Crippen molar-refractivity contribution >= 4 is 16.6 Å². The number of rotatable bonds is 5. The van der Waals surface area contributed by atoms with Crippen LogP contribution in [0.15, 0.2) is 48.5 Å². The van der Waals surface area contributed by atoms with Crippen LogP contribution in [0.4, 0.5) is 5.69 Å². The predicted octanol–water partition coefficient (Wildman–Crippen LogP) is 4.90. The molecule has 1 aliphatic rings. The van der Waals surface area contributed by atoms with Crippen LogP contribution in [0, 0.1) is 0 Å². The minimum Gasteiger partial charge on any atom is -0.379 e. The van der Waals surface area contributed by atoms with Crippen molar-refractivity contribution in [2.45, 2.75) is 32.2 Å². The fourth-order valence-electron chi connectivity index (χ4n) is 3.90. The summed E-state index contributed by atoms with van der Waals surface area (Å²) >= 11 is 0. The zero-order valence-electron chi connectivity index (χ0n) is 15.2. The molecule has 0 spiro atoms. The molecule has 2 heterocycles. The Morgan fingerprint density at radius 1 is 1.16 bits per heavy atom. The number of nitrogens with one attached hydrogen (secondary N) is 2. The van der Waals surface area contributed by atoms with E-state index in [0.29, 0.717) is 6.04 Å². The number of fused-ring (bicyclic) bond motifs is 1. The normalized spacial score (nSPS) is 18.1. The summed E-state index contributed by atoms with van der Waals surface area (Å²) in [4.78, 5) is 6.06. The van der Waals surface area contributed by atoms with Gasteiger partial charge in [0.25, 0.3) is 0 Å². The van der Waals surface area contributed by atoms with E-state index in [2.05, 4.69) is 77.7 Å². The van der Waals surface area contributed by atoms with Crippen molar-refractivity contribution in [2.75, 3.05) is 25.5 Å². The van der Waals surface area contributed by atoms with Gasteiger partial charge in [-0.2, -0.15) is 0 Å². The maximum Gasteiger partial charge on any atom is 0.0694 e. The molecular formula is C22H27N3. The molecule has 0 saturated carbocycles. The highest BCUT2D eigenvalue weighted by Gasteiger charge is 2.20. The molecule has 3 heteroatoms. The Bertz CT molecular complexity index is 850. The fraction of sp³-hybridized carbons (Fsp3) is 0.364. The molecule has 0 bridgehead atoms. The highest BCUT2D eigenvalue weighted by atomic mass is 15.2. The molecule has 0 radical (unpaired) electrons. The minimum atomic E-state index is 0.536. The van der Waals surface area contributed by atoms with E-state index in [1.807, 2.05) is 0 Å². The topological polar surface area (TPSA) is 31.1 Å². The smallest absolute Gasteiger partial charge is 0.0694 e. The van der Waals surface area contributed by atoms with Crippen molar-refractivity contribution in [3.8, 4) is 11.3 Å². The number of likely N-dealkylation sites (N-methyl/N-ethyl adjacent to an activating group) is 1. The second-order valence-electron chi connectivity index (χ2n) is 7.30. The zero-order valence-corrected chi connectivity index (χ0v) is 15.2. The molecule has 1 unspecified atom stereocenters. The third-order valence-electron chi connectivity index (χ3n) is 5.16.